The number of rotatable bonds is 2. The Morgan fingerprint density at radius 1 is 1.50 bits per heavy atom. The average molecular weight is 185 g/mol. The summed E-state index contributed by atoms with van der Waals surface area (Å²) < 4.78 is 0. The van der Waals surface area contributed by atoms with Crippen LogP contribution < -0.4 is 0 Å². The Hall–Kier alpha value is -0.690. The van der Waals surface area contributed by atoms with E-state index < -0.39 is 0 Å². The maximum absolute atomic E-state index is 9.31. The van der Waals surface area contributed by atoms with Gasteiger partial charge in [0.2, 0.25) is 0 Å². The second-order valence-corrected chi connectivity index (χ2v) is 3.43. The quantitative estimate of drug-likeness (QED) is 0.745. The zero-order valence-electron chi connectivity index (χ0n) is 7.34. The molecule has 12 heavy (non-hydrogen) atoms. The summed E-state index contributed by atoms with van der Waals surface area (Å²) in [7, 11) is 0. The van der Waals surface area contributed by atoms with Gasteiger partial charge in [0.05, 0.1) is 5.02 Å². The second kappa shape index (κ2) is 3.81. The van der Waals surface area contributed by atoms with E-state index in [0.717, 1.165) is 12.0 Å². The van der Waals surface area contributed by atoms with E-state index in [2.05, 4.69) is 13.8 Å². The second-order valence-electron chi connectivity index (χ2n) is 3.02. The number of halogens is 1. The zero-order valence-corrected chi connectivity index (χ0v) is 8.10. The highest BCUT2D eigenvalue weighted by molar-refractivity contribution is 6.32. The van der Waals surface area contributed by atoms with Gasteiger partial charge in [-0.15, -0.1) is 0 Å². The van der Waals surface area contributed by atoms with Gasteiger partial charge in [-0.2, -0.15) is 0 Å². The van der Waals surface area contributed by atoms with Crippen molar-refractivity contribution in [2.75, 3.05) is 0 Å². The molecule has 0 radical (unpaired) electrons. The first-order valence-corrected chi connectivity index (χ1v) is 4.51. The van der Waals surface area contributed by atoms with Gasteiger partial charge in [0.1, 0.15) is 5.75 Å². The van der Waals surface area contributed by atoms with E-state index >= 15 is 0 Å². The Labute approximate surface area is 78.0 Å². The fourth-order valence-electron chi connectivity index (χ4n) is 1.07. The zero-order chi connectivity index (χ0) is 9.14. The minimum absolute atomic E-state index is 0.175. The molecule has 0 aliphatic rings. The molecule has 1 nitrogen and oxygen atoms in total. The summed E-state index contributed by atoms with van der Waals surface area (Å²) >= 11 is 5.68. The fourth-order valence-corrected chi connectivity index (χ4v) is 1.19. The van der Waals surface area contributed by atoms with Crippen LogP contribution in [-0.2, 0) is 0 Å². The number of hydrogen-bond acceptors (Lipinski definition) is 1. The Bertz CT molecular complexity index is 271. The molecule has 0 heterocycles. The van der Waals surface area contributed by atoms with E-state index in [1.165, 1.54) is 0 Å². The number of hydrogen-bond donors (Lipinski definition) is 1. The van der Waals surface area contributed by atoms with Crippen LogP contribution in [0.4, 0.5) is 0 Å². The van der Waals surface area contributed by atoms with E-state index in [-0.39, 0.29) is 5.75 Å². The maximum atomic E-state index is 9.31. The SMILES string of the molecule is CCC(C)c1ccc(Cl)c(O)c1. The van der Waals surface area contributed by atoms with Crippen LogP contribution in [0.5, 0.6) is 5.75 Å². The average Bonchev–Trinajstić information content (AvgIpc) is 2.08. The summed E-state index contributed by atoms with van der Waals surface area (Å²) in [5.41, 5.74) is 1.14. The summed E-state index contributed by atoms with van der Waals surface area (Å²) in [5, 5.41) is 9.73. The van der Waals surface area contributed by atoms with Gasteiger partial charge < -0.3 is 5.11 Å². The van der Waals surface area contributed by atoms with Crippen molar-refractivity contribution in [3.05, 3.63) is 28.8 Å². The van der Waals surface area contributed by atoms with Gasteiger partial charge in [-0.05, 0) is 30.0 Å². The van der Waals surface area contributed by atoms with E-state index in [1.807, 2.05) is 6.07 Å². The van der Waals surface area contributed by atoms with E-state index in [4.69, 9.17) is 11.6 Å². The van der Waals surface area contributed by atoms with Crippen molar-refractivity contribution < 1.29 is 5.11 Å². The van der Waals surface area contributed by atoms with Gasteiger partial charge in [0, 0.05) is 0 Å². The molecular formula is C10H13ClO. The molecule has 1 rings (SSSR count). The molecule has 2 heteroatoms. The number of phenolic OH excluding ortho intramolecular Hbond substituents is 1. The summed E-state index contributed by atoms with van der Waals surface area (Å²) in [5.74, 6) is 0.655. The smallest absolute Gasteiger partial charge is 0.134 e. The molecule has 0 saturated carbocycles. The third kappa shape index (κ3) is 1.92. The largest absolute Gasteiger partial charge is 0.506 e. The summed E-state index contributed by atoms with van der Waals surface area (Å²) in [6.07, 6.45) is 1.07. The third-order valence-electron chi connectivity index (χ3n) is 2.15. The van der Waals surface area contributed by atoms with Gasteiger partial charge in [0.15, 0.2) is 0 Å². The molecule has 1 atom stereocenters. The van der Waals surface area contributed by atoms with Crippen molar-refractivity contribution in [3.63, 3.8) is 0 Å². The van der Waals surface area contributed by atoms with Crippen molar-refractivity contribution in [3.8, 4) is 5.75 Å². The van der Waals surface area contributed by atoms with Gasteiger partial charge in [-0.1, -0.05) is 31.5 Å². The van der Waals surface area contributed by atoms with Crippen LogP contribution in [0.25, 0.3) is 0 Å². The molecule has 1 N–H and O–H groups in total. The molecule has 0 aliphatic carbocycles. The van der Waals surface area contributed by atoms with Crippen LogP contribution in [0.3, 0.4) is 0 Å². The van der Waals surface area contributed by atoms with Gasteiger partial charge >= 0.3 is 0 Å². The molecule has 0 spiro atoms. The van der Waals surface area contributed by atoms with Crippen LogP contribution in [0.1, 0.15) is 31.7 Å². The predicted octanol–water partition coefficient (Wildman–Crippen LogP) is 3.56. The number of benzene rings is 1. The monoisotopic (exact) mass is 184 g/mol. The Morgan fingerprint density at radius 2 is 2.17 bits per heavy atom. The van der Waals surface area contributed by atoms with Crippen LogP contribution in [0, 0.1) is 0 Å². The molecule has 0 aromatic heterocycles. The Balaban J connectivity index is 2.96. The van der Waals surface area contributed by atoms with Crippen LogP contribution in [-0.4, -0.2) is 5.11 Å². The highest BCUT2D eigenvalue weighted by atomic mass is 35.5. The van der Waals surface area contributed by atoms with Gasteiger partial charge in [-0.25, -0.2) is 0 Å². The lowest BCUT2D eigenvalue weighted by atomic mass is 9.99. The standard InChI is InChI=1S/C10H13ClO/c1-3-7(2)8-4-5-9(11)10(12)6-8/h4-7,12H,3H2,1-2H3. The first-order valence-electron chi connectivity index (χ1n) is 4.13. The van der Waals surface area contributed by atoms with E-state index in [1.54, 1.807) is 12.1 Å². The lowest BCUT2D eigenvalue weighted by Gasteiger charge is -2.09. The number of aromatic hydroxyl groups is 1. The molecule has 0 bridgehead atoms. The topological polar surface area (TPSA) is 20.2 Å². The maximum Gasteiger partial charge on any atom is 0.134 e. The molecular weight excluding hydrogens is 172 g/mol. The minimum atomic E-state index is 0.175. The van der Waals surface area contributed by atoms with Crippen molar-refractivity contribution in [1.29, 1.82) is 0 Å². The first-order chi connectivity index (χ1) is 5.65. The fraction of sp³-hybridized carbons (Fsp3) is 0.400. The van der Waals surface area contributed by atoms with Crippen LogP contribution in [0.2, 0.25) is 5.02 Å². The van der Waals surface area contributed by atoms with E-state index in [0.29, 0.717) is 10.9 Å². The van der Waals surface area contributed by atoms with Crippen molar-refractivity contribution in [1.82, 2.24) is 0 Å². The molecule has 0 amide bonds. The third-order valence-corrected chi connectivity index (χ3v) is 2.47. The Kier molecular flexibility index (Phi) is 2.99. The van der Waals surface area contributed by atoms with Gasteiger partial charge in [-0.3, -0.25) is 0 Å². The molecule has 1 aromatic rings. The number of phenols is 1. The highest BCUT2D eigenvalue weighted by Crippen LogP contribution is 2.28. The van der Waals surface area contributed by atoms with Gasteiger partial charge in [0.25, 0.3) is 0 Å². The lowest BCUT2D eigenvalue weighted by molar-refractivity contribution is 0.474. The Morgan fingerprint density at radius 3 is 2.67 bits per heavy atom. The summed E-state index contributed by atoms with van der Waals surface area (Å²) in [6.45, 7) is 4.25. The first kappa shape index (κ1) is 9.40. The molecule has 0 fully saturated rings. The van der Waals surface area contributed by atoms with Crippen molar-refractivity contribution in [2.45, 2.75) is 26.2 Å². The van der Waals surface area contributed by atoms with Crippen LogP contribution in [0.15, 0.2) is 18.2 Å². The van der Waals surface area contributed by atoms with Crippen molar-refractivity contribution in [2.24, 2.45) is 0 Å². The normalized spacial score (nSPS) is 12.9. The molecule has 1 aromatic carbocycles. The summed E-state index contributed by atoms with van der Waals surface area (Å²) in [6, 6.07) is 5.42. The van der Waals surface area contributed by atoms with E-state index in [9.17, 15) is 5.11 Å². The molecule has 0 aliphatic heterocycles. The van der Waals surface area contributed by atoms with Crippen molar-refractivity contribution >= 4 is 11.6 Å². The summed E-state index contributed by atoms with van der Waals surface area (Å²) in [4.78, 5) is 0. The van der Waals surface area contributed by atoms with Crippen LogP contribution >= 0.6 is 11.6 Å². The predicted molar refractivity (Wildman–Crippen MR) is 51.8 cm³/mol. The molecule has 66 valence electrons. The minimum Gasteiger partial charge on any atom is -0.506 e. The molecule has 1 unspecified atom stereocenters. The lowest BCUT2D eigenvalue weighted by Crippen LogP contribution is -1.90. The highest BCUT2D eigenvalue weighted by Gasteiger charge is 2.05. The molecule has 0 saturated heterocycles.